The standard InChI is InChI=1S/C15H16FN3O3S/c1-11-17-7-6-13(18-11)14-10-19(8-9-22-14)23(20,21)15-5-3-2-4-12(15)16/h2-7,14H,8-10H2,1H3. The van der Waals surface area contributed by atoms with Crippen molar-refractivity contribution in [2.24, 2.45) is 0 Å². The Morgan fingerprint density at radius 2 is 2.09 bits per heavy atom. The molecule has 8 heteroatoms. The first-order valence-electron chi connectivity index (χ1n) is 7.14. The highest BCUT2D eigenvalue weighted by molar-refractivity contribution is 7.89. The molecule has 1 saturated heterocycles. The Morgan fingerprint density at radius 1 is 1.30 bits per heavy atom. The van der Waals surface area contributed by atoms with E-state index in [2.05, 4.69) is 9.97 Å². The first-order valence-corrected chi connectivity index (χ1v) is 8.58. The van der Waals surface area contributed by atoms with Crippen LogP contribution in [0.5, 0.6) is 0 Å². The number of halogens is 1. The number of benzene rings is 1. The van der Waals surface area contributed by atoms with Gasteiger partial charge in [-0.2, -0.15) is 4.31 Å². The van der Waals surface area contributed by atoms with Gasteiger partial charge in [-0.05, 0) is 25.1 Å². The summed E-state index contributed by atoms with van der Waals surface area (Å²) in [5.41, 5.74) is 0.617. The lowest BCUT2D eigenvalue weighted by Gasteiger charge is -2.31. The van der Waals surface area contributed by atoms with Gasteiger partial charge >= 0.3 is 0 Å². The van der Waals surface area contributed by atoms with E-state index in [4.69, 9.17) is 4.74 Å². The van der Waals surface area contributed by atoms with E-state index in [9.17, 15) is 12.8 Å². The van der Waals surface area contributed by atoms with E-state index >= 15 is 0 Å². The second-order valence-electron chi connectivity index (χ2n) is 5.18. The van der Waals surface area contributed by atoms with Gasteiger partial charge in [0.1, 0.15) is 22.6 Å². The molecule has 0 radical (unpaired) electrons. The maximum atomic E-state index is 13.9. The molecule has 0 aliphatic carbocycles. The smallest absolute Gasteiger partial charge is 0.246 e. The Labute approximate surface area is 134 Å². The van der Waals surface area contributed by atoms with Gasteiger partial charge in [0, 0.05) is 19.3 Å². The summed E-state index contributed by atoms with van der Waals surface area (Å²) in [5, 5.41) is 0. The number of aryl methyl sites for hydroxylation is 1. The van der Waals surface area contributed by atoms with E-state index in [1.54, 1.807) is 19.2 Å². The molecule has 1 atom stereocenters. The third-order valence-corrected chi connectivity index (χ3v) is 5.51. The summed E-state index contributed by atoms with van der Waals surface area (Å²) in [7, 11) is -3.91. The summed E-state index contributed by atoms with van der Waals surface area (Å²) < 4.78 is 46.0. The Hall–Kier alpha value is -1.90. The molecule has 1 aromatic heterocycles. The molecule has 1 fully saturated rings. The van der Waals surface area contributed by atoms with Gasteiger partial charge in [0.2, 0.25) is 10.0 Å². The van der Waals surface area contributed by atoms with Crippen molar-refractivity contribution >= 4 is 10.0 Å². The third kappa shape index (κ3) is 3.24. The quantitative estimate of drug-likeness (QED) is 0.852. The summed E-state index contributed by atoms with van der Waals surface area (Å²) in [6.07, 6.45) is 1.11. The molecule has 0 spiro atoms. The summed E-state index contributed by atoms with van der Waals surface area (Å²) >= 11 is 0. The van der Waals surface area contributed by atoms with Gasteiger partial charge in [-0.3, -0.25) is 0 Å². The van der Waals surface area contributed by atoms with Gasteiger partial charge in [0.05, 0.1) is 12.3 Å². The summed E-state index contributed by atoms with van der Waals surface area (Å²) in [6.45, 7) is 2.24. The molecule has 0 saturated carbocycles. The van der Waals surface area contributed by atoms with Crippen LogP contribution in [0.15, 0.2) is 41.4 Å². The maximum Gasteiger partial charge on any atom is 0.246 e. The van der Waals surface area contributed by atoms with Crippen LogP contribution >= 0.6 is 0 Å². The van der Waals surface area contributed by atoms with Crippen molar-refractivity contribution in [3.8, 4) is 0 Å². The number of rotatable bonds is 3. The van der Waals surface area contributed by atoms with Crippen LogP contribution in [0.1, 0.15) is 17.6 Å². The molecule has 0 amide bonds. The summed E-state index contributed by atoms with van der Waals surface area (Å²) in [4.78, 5) is 7.97. The number of ether oxygens (including phenoxy) is 1. The number of aromatic nitrogens is 2. The van der Waals surface area contributed by atoms with Crippen molar-refractivity contribution < 1.29 is 17.5 Å². The normalized spacial score (nSPS) is 19.7. The fraction of sp³-hybridized carbons (Fsp3) is 0.333. The number of nitrogens with zero attached hydrogens (tertiary/aromatic N) is 3. The predicted molar refractivity (Wildman–Crippen MR) is 80.6 cm³/mol. The summed E-state index contributed by atoms with van der Waals surface area (Å²) in [5.74, 6) is -0.173. The van der Waals surface area contributed by atoms with Crippen molar-refractivity contribution in [3.63, 3.8) is 0 Å². The lowest BCUT2D eigenvalue weighted by molar-refractivity contribution is -0.00514. The van der Waals surface area contributed by atoms with Crippen LogP contribution in [0.3, 0.4) is 0 Å². The number of sulfonamides is 1. The highest BCUT2D eigenvalue weighted by Gasteiger charge is 2.33. The van der Waals surface area contributed by atoms with E-state index in [1.807, 2.05) is 0 Å². The van der Waals surface area contributed by atoms with E-state index < -0.39 is 21.9 Å². The molecule has 2 heterocycles. The Bertz CT molecular complexity index is 813. The minimum atomic E-state index is -3.91. The first-order chi connectivity index (χ1) is 11.0. The number of hydrogen-bond acceptors (Lipinski definition) is 5. The first kappa shape index (κ1) is 16.0. The molecule has 1 unspecified atom stereocenters. The minimum Gasteiger partial charge on any atom is -0.369 e. The SMILES string of the molecule is Cc1nccc(C2CN(S(=O)(=O)c3ccccc3F)CCO2)n1. The van der Waals surface area contributed by atoms with Crippen LogP contribution in [-0.4, -0.2) is 42.4 Å². The van der Waals surface area contributed by atoms with Crippen molar-refractivity contribution in [2.45, 2.75) is 17.9 Å². The van der Waals surface area contributed by atoms with Gasteiger partial charge < -0.3 is 4.74 Å². The molecule has 1 aliphatic rings. The zero-order valence-corrected chi connectivity index (χ0v) is 13.3. The highest BCUT2D eigenvalue weighted by Crippen LogP contribution is 2.26. The lowest BCUT2D eigenvalue weighted by Crippen LogP contribution is -2.42. The monoisotopic (exact) mass is 337 g/mol. The number of morpholine rings is 1. The van der Waals surface area contributed by atoms with Crippen LogP contribution in [0.2, 0.25) is 0 Å². The Morgan fingerprint density at radius 3 is 2.83 bits per heavy atom. The molecule has 23 heavy (non-hydrogen) atoms. The largest absolute Gasteiger partial charge is 0.369 e. The second kappa shape index (κ2) is 6.31. The summed E-state index contributed by atoms with van der Waals surface area (Å²) in [6, 6.07) is 7.06. The minimum absolute atomic E-state index is 0.0904. The van der Waals surface area contributed by atoms with Gasteiger partial charge in [-0.15, -0.1) is 0 Å². The van der Waals surface area contributed by atoms with Crippen LogP contribution in [0, 0.1) is 12.7 Å². The van der Waals surface area contributed by atoms with Crippen molar-refractivity contribution in [2.75, 3.05) is 19.7 Å². The number of hydrogen-bond donors (Lipinski definition) is 0. The average Bonchev–Trinajstić information content (AvgIpc) is 2.55. The molecule has 122 valence electrons. The van der Waals surface area contributed by atoms with Gasteiger partial charge in [0.15, 0.2) is 0 Å². The maximum absolute atomic E-state index is 13.9. The third-order valence-electron chi connectivity index (χ3n) is 3.61. The Kier molecular flexibility index (Phi) is 4.38. The van der Waals surface area contributed by atoms with Crippen molar-refractivity contribution in [1.29, 1.82) is 0 Å². The lowest BCUT2D eigenvalue weighted by atomic mass is 10.2. The van der Waals surface area contributed by atoms with Gasteiger partial charge in [-0.25, -0.2) is 22.8 Å². The molecule has 1 aliphatic heterocycles. The zero-order valence-electron chi connectivity index (χ0n) is 12.5. The molecular weight excluding hydrogens is 321 g/mol. The van der Waals surface area contributed by atoms with Crippen LogP contribution in [0.25, 0.3) is 0 Å². The van der Waals surface area contributed by atoms with Crippen LogP contribution < -0.4 is 0 Å². The molecular formula is C15H16FN3O3S. The highest BCUT2D eigenvalue weighted by atomic mass is 32.2. The fourth-order valence-electron chi connectivity index (χ4n) is 2.47. The van der Waals surface area contributed by atoms with Gasteiger partial charge in [0.25, 0.3) is 0 Å². The van der Waals surface area contributed by atoms with E-state index in [0.29, 0.717) is 11.5 Å². The van der Waals surface area contributed by atoms with Crippen LogP contribution in [-0.2, 0) is 14.8 Å². The molecule has 1 aromatic carbocycles. The second-order valence-corrected chi connectivity index (χ2v) is 7.09. The molecule has 2 aromatic rings. The molecule has 0 bridgehead atoms. The van der Waals surface area contributed by atoms with Crippen LogP contribution in [0.4, 0.5) is 4.39 Å². The molecule has 6 nitrogen and oxygen atoms in total. The topological polar surface area (TPSA) is 72.4 Å². The van der Waals surface area contributed by atoms with E-state index in [-0.39, 0.29) is 24.6 Å². The fourth-order valence-corrected chi connectivity index (χ4v) is 3.96. The predicted octanol–water partition coefficient (Wildman–Crippen LogP) is 1.69. The molecule has 0 N–H and O–H groups in total. The van der Waals surface area contributed by atoms with Crippen molar-refractivity contribution in [3.05, 3.63) is 53.9 Å². The zero-order chi connectivity index (χ0) is 16.4. The van der Waals surface area contributed by atoms with E-state index in [1.165, 1.54) is 22.5 Å². The van der Waals surface area contributed by atoms with Crippen molar-refractivity contribution in [1.82, 2.24) is 14.3 Å². The molecule has 3 rings (SSSR count). The average molecular weight is 337 g/mol. The van der Waals surface area contributed by atoms with Gasteiger partial charge in [-0.1, -0.05) is 12.1 Å². The van der Waals surface area contributed by atoms with E-state index in [0.717, 1.165) is 6.07 Å². The Balaban J connectivity index is 1.88.